The minimum atomic E-state index is -0.275. The first kappa shape index (κ1) is 38.1. The van der Waals surface area contributed by atoms with Crippen LogP contribution < -0.4 is 9.64 Å². The molecule has 54 heavy (non-hydrogen) atoms. The summed E-state index contributed by atoms with van der Waals surface area (Å²) < 4.78 is 13.5. The first-order valence-corrected chi connectivity index (χ1v) is 19.2. The summed E-state index contributed by atoms with van der Waals surface area (Å²) in [5.74, 6) is 2.81. The van der Waals surface area contributed by atoms with Crippen LogP contribution in [0.25, 0.3) is 11.1 Å². The Hall–Kier alpha value is -4.21. The van der Waals surface area contributed by atoms with Gasteiger partial charge in [-0.2, -0.15) is 6.07 Å². The Morgan fingerprint density at radius 1 is 0.815 bits per heavy atom. The van der Waals surface area contributed by atoms with Gasteiger partial charge in [-0.15, -0.1) is 23.3 Å². The molecule has 0 N–H and O–H groups in total. The van der Waals surface area contributed by atoms with Gasteiger partial charge in [-0.1, -0.05) is 112 Å². The van der Waals surface area contributed by atoms with E-state index in [0.29, 0.717) is 17.4 Å². The summed E-state index contributed by atoms with van der Waals surface area (Å²) in [7, 11) is 0. The van der Waals surface area contributed by atoms with Gasteiger partial charge in [0.2, 0.25) is 0 Å². The molecular formula is C48H51N3O2Pt. The van der Waals surface area contributed by atoms with Crippen LogP contribution in [0.4, 0.5) is 17.2 Å². The van der Waals surface area contributed by atoms with E-state index in [4.69, 9.17) is 19.5 Å². The van der Waals surface area contributed by atoms with Crippen LogP contribution in [0.3, 0.4) is 0 Å². The normalized spacial score (nSPS) is 18.5. The second-order valence-electron chi connectivity index (χ2n) is 17.1. The van der Waals surface area contributed by atoms with E-state index < -0.39 is 0 Å². The molecule has 2 atom stereocenters. The van der Waals surface area contributed by atoms with Crippen molar-refractivity contribution in [2.24, 2.45) is 4.99 Å². The summed E-state index contributed by atoms with van der Waals surface area (Å²) in [6, 6.07) is 29.7. The van der Waals surface area contributed by atoms with Crippen molar-refractivity contribution in [2.75, 3.05) is 4.90 Å². The van der Waals surface area contributed by atoms with Gasteiger partial charge in [0, 0.05) is 23.4 Å². The number of aliphatic imine (C=N–C) groups is 1. The van der Waals surface area contributed by atoms with Gasteiger partial charge in [0.05, 0.1) is 6.04 Å². The summed E-state index contributed by atoms with van der Waals surface area (Å²) in [4.78, 5) is 12.3. The van der Waals surface area contributed by atoms with Gasteiger partial charge in [0.1, 0.15) is 17.8 Å². The van der Waals surface area contributed by atoms with Crippen molar-refractivity contribution in [1.82, 2.24) is 4.98 Å². The Morgan fingerprint density at radius 3 is 2.28 bits per heavy atom. The number of benzene rings is 4. The molecule has 0 bridgehead atoms. The second kappa shape index (κ2) is 14.1. The molecule has 3 aliphatic rings. The molecule has 8 rings (SSSR count). The molecule has 5 nitrogen and oxygen atoms in total. The quantitative estimate of drug-likeness (QED) is 0.165. The van der Waals surface area contributed by atoms with E-state index in [-0.39, 0.29) is 44.0 Å². The maximum absolute atomic E-state index is 6.93. The van der Waals surface area contributed by atoms with E-state index in [0.717, 1.165) is 46.7 Å². The number of nitrogens with zero attached hydrogens (tertiary/aromatic N) is 3. The summed E-state index contributed by atoms with van der Waals surface area (Å²) in [5, 5.41) is 0. The third kappa shape index (κ3) is 6.83. The fourth-order valence-electron chi connectivity index (χ4n) is 8.66. The molecule has 0 saturated heterocycles. The second-order valence-corrected chi connectivity index (χ2v) is 17.1. The molecule has 0 unspecified atom stereocenters. The standard InChI is InChI=1S/C48H51N3O2.Pt/c1-28-15-16-40-37(21-28)48(9,10)38-22-30(3)43(27-41(38)51(40)44-26-35(17-18-49-44)47(6,7)8)52-36-24-33(45-31(4)19-29(2)20-32(45)5)23-34(25-36)46-50-39-13-11-12-14-42(39)53-46;/h15-24,26,39,42H,11-14H2,1-10H3;/q-2;+2/t39-,42+;/m1./s1. The van der Waals surface area contributed by atoms with Crippen LogP contribution in [0, 0.1) is 46.8 Å². The van der Waals surface area contributed by atoms with Gasteiger partial charge in [-0.3, -0.25) is 4.99 Å². The number of pyridine rings is 1. The third-order valence-corrected chi connectivity index (χ3v) is 11.5. The summed E-state index contributed by atoms with van der Waals surface area (Å²) in [6.45, 7) is 22.1. The number of aromatic nitrogens is 1. The first-order chi connectivity index (χ1) is 25.2. The molecule has 0 radical (unpaired) electrons. The maximum Gasteiger partial charge on any atom is 2.00 e. The molecular weight excluding hydrogens is 846 g/mol. The molecule has 4 aromatic carbocycles. The zero-order valence-electron chi connectivity index (χ0n) is 33.3. The number of aryl methyl sites for hydroxylation is 5. The van der Waals surface area contributed by atoms with Crippen LogP contribution in [-0.2, 0) is 36.6 Å². The van der Waals surface area contributed by atoms with Crippen molar-refractivity contribution >= 4 is 23.1 Å². The summed E-state index contributed by atoms with van der Waals surface area (Å²) >= 11 is 0. The smallest absolute Gasteiger partial charge is 0.515 e. The van der Waals surface area contributed by atoms with Crippen LogP contribution in [0.5, 0.6) is 11.5 Å². The number of rotatable bonds is 5. The van der Waals surface area contributed by atoms with E-state index in [2.05, 4.69) is 147 Å². The molecule has 0 spiro atoms. The van der Waals surface area contributed by atoms with Crippen LogP contribution in [0.1, 0.15) is 110 Å². The van der Waals surface area contributed by atoms with Gasteiger partial charge < -0.3 is 14.4 Å². The van der Waals surface area contributed by atoms with Gasteiger partial charge in [-0.05, 0) is 104 Å². The van der Waals surface area contributed by atoms with Gasteiger partial charge in [-0.25, -0.2) is 4.98 Å². The predicted octanol–water partition coefficient (Wildman–Crippen LogP) is 12.2. The van der Waals surface area contributed by atoms with Crippen molar-refractivity contribution in [1.29, 1.82) is 0 Å². The van der Waals surface area contributed by atoms with Crippen LogP contribution in [0.15, 0.2) is 71.9 Å². The van der Waals surface area contributed by atoms with Crippen molar-refractivity contribution in [3.05, 3.63) is 129 Å². The molecule has 1 aromatic heterocycles. The van der Waals surface area contributed by atoms with Crippen LogP contribution in [-0.4, -0.2) is 23.0 Å². The Morgan fingerprint density at radius 2 is 1.56 bits per heavy atom. The monoisotopic (exact) mass is 896 g/mol. The zero-order valence-corrected chi connectivity index (χ0v) is 35.6. The largest absolute Gasteiger partial charge is 2.00 e. The molecule has 3 heterocycles. The molecule has 1 saturated carbocycles. The number of hydrogen-bond acceptors (Lipinski definition) is 5. The fraction of sp³-hybridized carbons (Fsp3) is 0.375. The van der Waals surface area contributed by atoms with E-state index in [9.17, 15) is 0 Å². The van der Waals surface area contributed by atoms with Crippen molar-refractivity contribution < 1.29 is 30.5 Å². The third-order valence-electron chi connectivity index (χ3n) is 11.5. The number of ether oxygens (including phenoxy) is 2. The average molecular weight is 897 g/mol. The Labute approximate surface area is 336 Å². The fourth-order valence-corrected chi connectivity index (χ4v) is 8.66. The topological polar surface area (TPSA) is 47.0 Å². The number of anilines is 3. The van der Waals surface area contributed by atoms with Crippen molar-refractivity contribution in [3.8, 4) is 22.6 Å². The van der Waals surface area contributed by atoms with E-state index in [1.807, 2.05) is 6.20 Å². The van der Waals surface area contributed by atoms with Gasteiger partial charge >= 0.3 is 21.1 Å². The number of fused-ring (bicyclic) bond motifs is 3. The molecule has 5 aromatic rings. The van der Waals surface area contributed by atoms with Crippen molar-refractivity contribution in [2.45, 2.75) is 118 Å². The molecule has 1 aliphatic carbocycles. The molecule has 280 valence electrons. The summed E-state index contributed by atoms with van der Waals surface area (Å²) in [6.07, 6.45) is 6.57. The van der Waals surface area contributed by atoms with Crippen molar-refractivity contribution in [3.63, 3.8) is 0 Å². The molecule has 0 amide bonds. The van der Waals surface area contributed by atoms with E-state index in [1.54, 1.807) is 0 Å². The Bertz CT molecular complexity index is 2280. The molecule has 6 heteroatoms. The van der Waals surface area contributed by atoms with Crippen LogP contribution >= 0.6 is 0 Å². The average Bonchev–Trinajstić information content (AvgIpc) is 3.54. The van der Waals surface area contributed by atoms with E-state index in [1.165, 1.54) is 57.3 Å². The zero-order chi connectivity index (χ0) is 37.4. The molecule has 1 fully saturated rings. The predicted molar refractivity (Wildman–Crippen MR) is 217 cm³/mol. The van der Waals surface area contributed by atoms with Gasteiger partial charge in [0.25, 0.3) is 0 Å². The first-order valence-electron chi connectivity index (χ1n) is 19.2. The van der Waals surface area contributed by atoms with Crippen LogP contribution in [0.2, 0.25) is 0 Å². The van der Waals surface area contributed by atoms with Gasteiger partial charge in [0.15, 0.2) is 0 Å². The maximum atomic E-state index is 6.93. The Balaban J connectivity index is 0.00000450. The minimum Gasteiger partial charge on any atom is -0.515 e. The molecule has 2 aliphatic heterocycles. The summed E-state index contributed by atoms with van der Waals surface area (Å²) in [5.41, 5.74) is 14.5. The van der Waals surface area contributed by atoms with E-state index >= 15 is 0 Å². The number of hydrogen-bond donors (Lipinski definition) is 0. The Kier molecular flexibility index (Phi) is 9.97. The SMILES string of the molecule is Cc1cc(C)c(-c2cc(Oc3[c-]c4c(cc3C)C(C)(C)c3cc(C)ccc3N4c3cc(C(C)(C)C)ccn3)[c-]c(C3=N[C@@H]4CCCC[C@@H]4O3)c2)c(C)c1.[Pt+2]. The minimum absolute atomic E-state index is 0.